The van der Waals surface area contributed by atoms with Gasteiger partial charge in [-0.15, -0.1) is 0 Å². The van der Waals surface area contributed by atoms with Gasteiger partial charge in [-0.1, -0.05) is 6.07 Å². The van der Waals surface area contributed by atoms with Crippen molar-refractivity contribution in [1.29, 1.82) is 0 Å². The SMILES string of the molecule is CCN(C[C@H]1C[C@@H]1c1ccccn1)c1nc2c(c(NC3(CO)CCC3)n1)[S@](=O)CC2. The fraction of sp³-hybridized carbons (Fsp3) is 0.591. The minimum atomic E-state index is -1.07. The maximum atomic E-state index is 12.6. The summed E-state index contributed by atoms with van der Waals surface area (Å²) in [5, 5.41) is 13.4. The summed E-state index contributed by atoms with van der Waals surface area (Å²) in [6.07, 6.45) is 6.64. The van der Waals surface area contributed by atoms with Crippen molar-refractivity contribution in [3.8, 4) is 0 Å². The number of hydrogen-bond acceptors (Lipinski definition) is 7. The van der Waals surface area contributed by atoms with Gasteiger partial charge in [-0.25, -0.2) is 4.98 Å². The molecule has 0 amide bonds. The molecule has 7 nitrogen and oxygen atoms in total. The maximum Gasteiger partial charge on any atom is 0.227 e. The number of rotatable bonds is 8. The number of nitrogens with zero attached hydrogens (tertiary/aromatic N) is 4. The summed E-state index contributed by atoms with van der Waals surface area (Å²) >= 11 is 0. The Morgan fingerprint density at radius 3 is 2.87 bits per heavy atom. The first-order valence-corrected chi connectivity index (χ1v) is 12.3. The average molecular weight is 428 g/mol. The van der Waals surface area contributed by atoms with Crippen LogP contribution in [0.5, 0.6) is 0 Å². The van der Waals surface area contributed by atoms with Gasteiger partial charge in [0, 0.05) is 43.1 Å². The molecular weight excluding hydrogens is 398 g/mol. The van der Waals surface area contributed by atoms with Crippen LogP contribution >= 0.6 is 0 Å². The lowest BCUT2D eigenvalue weighted by atomic mass is 9.77. The van der Waals surface area contributed by atoms with E-state index in [1.165, 1.54) is 5.69 Å². The van der Waals surface area contributed by atoms with E-state index in [1.54, 1.807) is 0 Å². The molecule has 3 aliphatic rings. The monoisotopic (exact) mass is 427 g/mol. The Kier molecular flexibility index (Phi) is 5.23. The van der Waals surface area contributed by atoms with Gasteiger partial charge in [-0.05, 0) is 50.7 Å². The van der Waals surface area contributed by atoms with Crippen molar-refractivity contribution >= 4 is 22.6 Å². The summed E-state index contributed by atoms with van der Waals surface area (Å²) in [5.41, 5.74) is 1.73. The van der Waals surface area contributed by atoms with Crippen LogP contribution in [0.2, 0.25) is 0 Å². The Morgan fingerprint density at radius 1 is 1.33 bits per heavy atom. The zero-order valence-corrected chi connectivity index (χ0v) is 18.2. The molecule has 2 aromatic heterocycles. The van der Waals surface area contributed by atoms with Gasteiger partial charge in [-0.2, -0.15) is 4.98 Å². The molecule has 3 atom stereocenters. The minimum absolute atomic E-state index is 0.0685. The van der Waals surface area contributed by atoms with E-state index in [0.29, 0.717) is 29.4 Å². The number of aliphatic hydroxyl groups is 1. The summed E-state index contributed by atoms with van der Waals surface area (Å²) in [7, 11) is -1.07. The van der Waals surface area contributed by atoms with Crippen LogP contribution in [0.1, 0.15) is 49.9 Å². The third kappa shape index (κ3) is 3.60. The molecule has 2 saturated carbocycles. The molecular formula is C22H29N5O2S. The van der Waals surface area contributed by atoms with Crippen molar-refractivity contribution in [2.45, 2.75) is 55.4 Å². The topological polar surface area (TPSA) is 91.2 Å². The Labute approximate surface area is 179 Å². The first-order chi connectivity index (χ1) is 14.6. The van der Waals surface area contributed by atoms with Gasteiger partial charge in [-0.3, -0.25) is 9.19 Å². The van der Waals surface area contributed by atoms with Crippen LogP contribution in [0.4, 0.5) is 11.8 Å². The number of nitrogens with one attached hydrogen (secondary N) is 1. The summed E-state index contributed by atoms with van der Waals surface area (Å²) < 4.78 is 12.6. The Morgan fingerprint density at radius 2 is 2.20 bits per heavy atom. The molecule has 2 aromatic rings. The molecule has 30 heavy (non-hydrogen) atoms. The average Bonchev–Trinajstić information content (AvgIpc) is 3.42. The van der Waals surface area contributed by atoms with Gasteiger partial charge >= 0.3 is 0 Å². The predicted octanol–water partition coefficient (Wildman–Crippen LogP) is 2.49. The fourth-order valence-corrected chi connectivity index (χ4v) is 5.94. The predicted molar refractivity (Wildman–Crippen MR) is 117 cm³/mol. The Hall–Kier alpha value is -2.06. The summed E-state index contributed by atoms with van der Waals surface area (Å²) in [4.78, 5) is 17.1. The fourth-order valence-electron chi connectivity index (χ4n) is 4.63. The quantitative estimate of drug-likeness (QED) is 0.669. The lowest BCUT2D eigenvalue weighted by molar-refractivity contribution is 0.143. The number of pyridine rings is 1. The maximum absolute atomic E-state index is 12.6. The Bertz CT molecular complexity index is 945. The number of aromatic nitrogens is 3. The van der Waals surface area contributed by atoms with Crippen molar-refractivity contribution in [3.63, 3.8) is 0 Å². The van der Waals surface area contributed by atoms with Crippen molar-refractivity contribution in [3.05, 3.63) is 35.8 Å². The summed E-state index contributed by atoms with van der Waals surface area (Å²) in [6, 6.07) is 6.11. The van der Waals surface area contributed by atoms with Crippen molar-refractivity contribution < 1.29 is 9.32 Å². The van der Waals surface area contributed by atoms with Gasteiger partial charge in [0.2, 0.25) is 5.95 Å². The second-order valence-corrected chi connectivity index (χ2v) is 10.3. The van der Waals surface area contributed by atoms with Crippen LogP contribution in [0.25, 0.3) is 0 Å². The van der Waals surface area contributed by atoms with Crippen LogP contribution in [0.3, 0.4) is 0 Å². The van der Waals surface area contributed by atoms with Crippen LogP contribution in [-0.2, 0) is 17.2 Å². The number of aliphatic hydroxyl groups excluding tert-OH is 1. The molecule has 2 N–H and O–H groups in total. The number of aryl methyl sites for hydroxylation is 1. The molecule has 2 fully saturated rings. The highest BCUT2D eigenvalue weighted by Crippen LogP contribution is 2.47. The molecule has 0 unspecified atom stereocenters. The lowest BCUT2D eigenvalue weighted by Crippen LogP contribution is -2.48. The Balaban J connectivity index is 1.39. The third-order valence-corrected chi connectivity index (χ3v) is 8.24. The van der Waals surface area contributed by atoms with Crippen LogP contribution < -0.4 is 10.2 Å². The van der Waals surface area contributed by atoms with E-state index in [2.05, 4.69) is 34.3 Å². The van der Waals surface area contributed by atoms with E-state index in [0.717, 1.165) is 55.8 Å². The zero-order valence-electron chi connectivity index (χ0n) is 17.4. The van der Waals surface area contributed by atoms with Crippen molar-refractivity contribution in [2.75, 3.05) is 35.7 Å². The van der Waals surface area contributed by atoms with Gasteiger partial charge < -0.3 is 15.3 Å². The second-order valence-electron chi connectivity index (χ2n) is 8.76. The first-order valence-electron chi connectivity index (χ1n) is 11.0. The smallest absolute Gasteiger partial charge is 0.227 e. The van der Waals surface area contributed by atoms with Crippen LogP contribution in [0.15, 0.2) is 29.3 Å². The largest absolute Gasteiger partial charge is 0.394 e. The summed E-state index contributed by atoms with van der Waals surface area (Å²) in [6.45, 7) is 3.91. The van der Waals surface area contributed by atoms with E-state index in [-0.39, 0.29) is 12.1 Å². The molecule has 0 spiro atoms. The summed E-state index contributed by atoms with van der Waals surface area (Å²) in [5.74, 6) is 3.03. The number of hydrogen-bond donors (Lipinski definition) is 2. The van der Waals surface area contributed by atoms with Gasteiger partial charge in [0.15, 0.2) is 0 Å². The minimum Gasteiger partial charge on any atom is -0.394 e. The molecule has 8 heteroatoms. The lowest BCUT2D eigenvalue weighted by Gasteiger charge is -2.41. The standard InChI is InChI=1S/C22H29N5O2S/c1-2-27(13-15-12-16(15)17-6-3-4-10-23-17)21-24-18-7-11-30(29)19(18)20(25-21)26-22(14-28)8-5-9-22/h3-4,6,10,15-16,28H,2,5,7-9,11-14H2,1H3,(H,24,25,26)/t15-,16+,30-/m1/s1. The number of anilines is 2. The first kappa shape index (κ1) is 19.9. The van der Waals surface area contributed by atoms with Crippen LogP contribution in [-0.4, -0.2) is 55.3 Å². The van der Waals surface area contributed by atoms with Gasteiger partial charge in [0.25, 0.3) is 0 Å². The normalized spacial score (nSPS) is 26.0. The van der Waals surface area contributed by atoms with E-state index in [9.17, 15) is 9.32 Å². The zero-order chi connectivity index (χ0) is 20.7. The molecule has 0 bridgehead atoms. The van der Waals surface area contributed by atoms with Gasteiger partial charge in [0.05, 0.1) is 28.6 Å². The molecule has 3 heterocycles. The van der Waals surface area contributed by atoms with E-state index in [4.69, 9.17) is 9.97 Å². The van der Waals surface area contributed by atoms with Gasteiger partial charge in [0.1, 0.15) is 10.7 Å². The van der Waals surface area contributed by atoms with E-state index >= 15 is 0 Å². The van der Waals surface area contributed by atoms with E-state index in [1.807, 2.05) is 12.3 Å². The van der Waals surface area contributed by atoms with E-state index < -0.39 is 10.8 Å². The molecule has 0 radical (unpaired) electrons. The molecule has 0 saturated heterocycles. The number of fused-ring (bicyclic) bond motifs is 1. The highest BCUT2D eigenvalue weighted by atomic mass is 32.2. The van der Waals surface area contributed by atoms with Crippen molar-refractivity contribution in [2.24, 2.45) is 5.92 Å². The van der Waals surface area contributed by atoms with Crippen LogP contribution in [0, 0.1) is 5.92 Å². The third-order valence-electron chi connectivity index (χ3n) is 6.78. The molecule has 1 aliphatic heterocycles. The second kappa shape index (κ2) is 7.89. The molecule has 160 valence electrons. The van der Waals surface area contributed by atoms with Crippen molar-refractivity contribution in [1.82, 2.24) is 15.0 Å². The molecule has 2 aliphatic carbocycles. The molecule has 5 rings (SSSR count). The molecule has 0 aromatic carbocycles. The highest BCUT2D eigenvalue weighted by molar-refractivity contribution is 7.85. The highest BCUT2D eigenvalue weighted by Gasteiger charge is 2.41.